The monoisotopic (exact) mass is 367 g/mol. The fourth-order valence-corrected chi connectivity index (χ4v) is 2.55. The van der Waals surface area contributed by atoms with Crippen molar-refractivity contribution in [3.8, 4) is 0 Å². The lowest BCUT2D eigenvalue weighted by Gasteiger charge is -2.02. The third-order valence-electron chi connectivity index (χ3n) is 3.85. The molecule has 1 aromatic carbocycles. The molecule has 0 saturated heterocycles. The van der Waals surface area contributed by atoms with Crippen molar-refractivity contribution in [1.29, 1.82) is 0 Å². The molecule has 1 N–H and O–H groups in total. The second-order valence-corrected chi connectivity index (χ2v) is 5.81. The fourth-order valence-electron chi connectivity index (χ4n) is 2.55. The second-order valence-electron chi connectivity index (χ2n) is 5.81. The molecule has 7 heteroatoms. The molecule has 3 rings (SSSR count). The summed E-state index contributed by atoms with van der Waals surface area (Å²) in [6.07, 6.45) is 1.35. The number of carboxylic acids is 1. The van der Waals surface area contributed by atoms with Crippen molar-refractivity contribution in [3.05, 3.63) is 88.9 Å². The number of aromatic nitrogens is 1. The highest BCUT2D eigenvalue weighted by Crippen LogP contribution is 2.16. The van der Waals surface area contributed by atoms with Crippen molar-refractivity contribution in [2.24, 2.45) is 0 Å². The second kappa shape index (κ2) is 7.74. The summed E-state index contributed by atoms with van der Waals surface area (Å²) in [4.78, 5) is 39.3. The van der Waals surface area contributed by atoms with Crippen LogP contribution in [0.15, 0.2) is 59.1 Å². The van der Waals surface area contributed by atoms with Gasteiger partial charge in [0.2, 0.25) is 11.6 Å². The van der Waals surface area contributed by atoms with Crippen LogP contribution in [0.2, 0.25) is 0 Å². The molecule has 0 fully saturated rings. The zero-order chi connectivity index (χ0) is 19.4. The zero-order valence-electron chi connectivity index (χ0n) is 14.0. The van der Waals surface area contributed by atoms with Crippen molar-refractivity contribution < 1.29 is 28.3 Å². The first-order valence-corrected chi connectivity index (χ1v) is 8.02. The molecule has 136 valence electrons. The molecule has 2 aromatic heterocycles. The van der Waals surface area contributed by atoms with E-state index in [4.69, 9.17) is 9.52 Å². The predicted molar refractivity (Wildman–Crippen MR) is 92.2 cm³/mol. The average Bonchev–Trinajstić information content (AvgIpc) is 3.09. The Kier molecular flexibility index (Phi) is 5.21. The largest absolute Gasteiger partial charge is 0.478 e. The van der Waals surface area contributed by atoms with Crippen molar-refractivity contribution in [1.82, 2.24) is 4.98 Å². The molecular formula is C20H14FNO5. The topological polar surface area (TPSA) is 97.5 Å². The van der Waals surface area contributed by atoms with Gasteiger partial charge in [0.15, 0.2) is 0 Å². The van der Waals surface area contributed by atoms with Crippen molar-refractivity contribution in [2.75, 3.05) is 0 Å². The third kappa shape index (κ3) is 4.33. The molecule has 0 radical (unpaired) electrons. The van der Waals surface area contributed by atoms with E-state index in [0.29, 0.717) is 12.2 Å². The number of halogens is 1. The standard InChI is InChI=1S/C20H14FNO5/c21-13-5-3-12(4-6-13)10-14-7-8-15(27-14)11-17(23)19(24)18-16(20(25)26)2-1-9-22-18/h1-9H,10-11H2,(H,25,26). The maximum Gasteiger partial charge on any atom is 0.338 e. The van der Waals surface area contributed by atoms with Gasteiger partial charge >= 0.3 is 5.97 Å². The number of benzene rings is 1. The number of Topliss-reactive ketones (excluding diaryl/α,β-unsaturated/α-hetero) is 2. The Bertz CT molecular complexity index is 1010. The van der Waals surface area contributed by atoms with Crippen LogP contribution >= 0.6 is 0 Å². The highest BCUT2D eigenvalue weighted by atomic mass is 19.1. The molecule has 27 heavy (non-hydrogen) atoms. The van der Waals surface area contributed by atoms with Gasteiger partial charge in [-0.2, -0.15) is 0 Å². The Morgan fingerprint density at radius 1 is 1.00 bits per heavy atom. The first kappa shape index (κ1) is 18.2. The number of hydrogen-bond acceptors (Lipinski definition) is 5. The Hall–Kier alpha value is -3.61. The maximum atomic E-state index is 12.9. The van der Waals surface area contributed by atoms with Gasteiger partial charge in [-0.25, -0.2) is 9.18 Å². The Balaban J connectivity index is 1.70. The van der Waals surface area contributed by atoms with Crippen LogP contribution in [0.4, 0.5) is 4.39 Å². The summed E-state index contributed by atoms with van der Waals surface area (Å²) < 4.78 is 18.5. The number of carbonyl (C=O) groups is 3. The van der Waals surface area contributed by atoms with Gasteiger partial charge in [-0.1, -0.05) is 12.1 Å². The molecule has 2 heterocycles. The van der Waals surface area contributed by atoms with E-state index in [1.807, 2.05) is 0 Å². The summed E-state index contributed by atoms with van der Waals surface area (Å²) in [5.41, 5.74) is 0.111. The number of ketones is 2. The molecule has 0 aliphatic carbocycles. The number of aromatic carboxylic acids is 1. The number of nitrogens with zero attached hydrogens (tertiary/aromatic N) is 1. The van der Waals surface area contributed by atoms with Gasteiger partial charge in [-0.3, -0.25) is 14.6 Å². The lowest BCUT2D eigenvalue weighted by Crippen LogP contribution is -2.21. The van der Waals surface area contributed by atoms with Gasteiger partial charge in [0, 0.05) is 12.6 Å². The third-order valence-corrected chi connectivity index (χ3v) is 3.85. The summed E-state index contributed by atoms with van der Waals surface area (Å²) in [5.74, 6) is -2.64. The van der Waals surface area contributed by atoms with E-state index in [2.05, 4.69) is 4.98 Å². The summed E-state index contributed by atoms with van der Waals surface area (Å²) in [5, 5.41) is 9.10. The SMILES string of the molecule is O=C(Cc1ccc(Cc2ccc(F)cc2)o1)C(=O)c1ncccc1C(=O)O. The Morgan fingerprint density at radius 2 is 1.70 bits per heavy atom. The summed E-state index contributed by atoms with van der Waals surface area (Å²) >= 11 is 0. The van der Waals surface area contributed by atoms with E-state index in [0.717, 1.165) is 5.56 Å². The minimum Gasteiger partial charge on any atom is -0.478 e. The number of carboxylic acid groups (broad SMARTS) is 1. The van der Waals surface area contributed by atoms with Crippen LogP contribution in [0.3, 0.4) is 0 Å². The number of carbonyl (C=O) groups excluding carboxylic acids is 2. The number of furan rings is 1. The van der Waals surface area contributed by atoms with E-state index in [1.54, 1.807) is 24.3 Å². The van der Waals surface area contributed by atoms with Crippen molar-refractivity contribution in [3.63, 3.8) is 0 Å². The van der Waals surface area contributed by atoms with Crippen LogP contribution in [-0.4, -0.2) is 27.6 Å². The minimum atomic E-state index is -1.33. The normalized spacial score (nSPS) is 10.6. The maximum absolute atomic E-state index is 12.9. The highest BCUT2D eigenvalue weighted by Gasteiger charge is 2.24. The number of pyridine rings is 1. The van der Waals surface area contributed by atoms with Crippen LogP contribution in [0, 0.1) is 5.82 Å². The molecule has 0 aliphatic rings. The molecule has 0 saturated carbocycles. The zero-order valence-corrected chi connectivity index (χ0v) is 14.0. The van der Waals surface area contributed by atoms with Crippen LogP contribution in [0.5, 0.6) is 0 Å². The van der Waals surface area contributed by atoms with Crippen LogP contribution in [-0.2, 0) is 17.6 Å². The van der Waals surface area contributed by atoms with E-state index < -0.39 is 23.2 Å². The molecule has 3 aromatic rings. The van der Waals surface area contributed by atoms with Crippen LogP contribution < -0.4 is 0 Å². The molecule has 0 atom stereocenters. The quantitative estimate of drug-likeness (QED) is 0.509. The summed E-state index contributed by atoms with van der Waals surface area (Å²) in [6, 6.07) is 11.8. The van der Waals surface area contributed by atoms with E-state index >= 15 is 0 Å². The molecule has 0 amide bonds. The Labute approximate surface area is 153 Å². The van der Waals surface area contributed by atoms with Crippen molar-refractivity contribution in [2.45, 2.75) is 12.8 Å². The van der Waals surface area contributed by atoms with Gasteiger partial charge in [0.25, 0.3) is 0 Å². The lowest BCUT2D eigenvalue weighted by molar-refractivity contribution is -0.114. The first-order valence-electron chi connectivity index (χ1n) is 8.02. The van der Waals surface area contributed by atoms with Crippen LogP contribution in [0.1, 0.15) is 37.9 Å². The van der Waals surface area contributed by atoms with Gasteiger partial charge in [-0.05, 0) is 42.0 Å². The van der Waals surface area contributed by atoms with E-state index in [9.17, 15) is 18.8 Å². The predicted octanol–water partition coefficient (Wildman–Crippen LogP) is 3.10. The van der Waals surface area contributed by atoms with E-state index in [1.165, 1.54) is 30.5 Å². The molecule has 0 unspecified atom stereocenters. The van der Waals surface area contributed by atoms with E-state index in [-0.39, 0.29) is 23.6 Å². The van der Waals surface area contributed by atoms with Crippen molar-refractivity contribution >= 4 is 17.5 Å². The lowest BCUT2D eigenvalue weighted by atomic mass is 10.0. The van der Waals surface area contributed by atoms with Gasteiger partial charge < -0.3 is 9.52 Å². The highest BCUT2D eigenvalue weighted by molar-refractivity contribution is 6.44. The van der Waals surface area contributed by atoms with Gasteiger partial charge in [0.05, 0.1) is 12.0 Å². The smallest absolute Gasteiger partial charge is 0.338 e. The minimum absolute atomic E-state index is 0.276. The molecule has 0 spiro atoms. The average molecular weight is 367 g/mol. The molecule has 0 aliphatic heterocycles. The molecular weight excluding hydrogens is 353 g/mol. The summed E-state index contributed by atoms with van der Waals surface area (Å²) in [6.45, 7) is 0. The first-order chi connectivity index (χ1) is 12.9. The molecule has 6 nitrogen and oxygen atoms in total. The van der Waals surface area contributed by atoms with Gasteiger partial charge in [-0.15, -0.1) is 0 Å². The number of rotatable bonds is 7. The van der Waals surface area contributed by atoms with Gasteiger partial charge in [0.1, 0.15) is 23.0 Å². The number of hydrogen-bond donors (Lipinski definition) is 1. The van der Waals surface area contributed by atoms with Crippen LogP contribution in [0.25, 0.3) is 0 Å². The fraction of sp³-hybridized carbons (Fsp3) is 0.100. The summed E-state index contributed by atoms with van der Waals surface area (Å²) in [7, 11) is 0. The Morgan fingerprint density at radius 3 is 2.41 bits per heavy atom. The molecule has 0 bridgehead atoms.